The second kappa shape index (κ2) is 7.08. The Morgan fingerprint density at radius 2 is 2.08 bits per heavy atom. The summed E-state index contributed by atoms with van der Waals surface area (Å²) in [5, 5.41) is 0. The molecule has 0 amide bonds. The van der Waals surface area contributed by atoms with Crippen LogP contribution in [-0.4, -0.2) is 6.29 Å². The standard InChI is InChI=1S/C11H20O/c1-4-5-10(2)6-7-11(3)8-9-12/h8-10H,4-7H2,1-3H3/b11-8+. The minimum Gasteiger partial charge on any atom is -0.299 e. The van der Waals surface area contributed by atoms with E-state index >= 15 is 0 Å². The van der Waals surface area contributed by atoms with Crippen LogP contribution in [0.1, 0.15) is 46.5 Å². The zero-order valence-corrected chi connectivity index (χ0v) is 8.47. The third-order valence-electron chi connectivity index (χ3n) is 2.17. The van der Waals surface area contributed by atoms with Gasteiger partial charge >= 0.3 is 0 Å². The van der Waals surface area contributed by atoms with E-state index in [1.54, 1.807) is 6.08 Å². The minimum atomic E-state index is 0.796. The molecule has 12 heavy (non-hydrogen) atoms. The number of hydrogen-bond acceptors (Lipinski definition) is 1. The molecule has 0 N–H and O–H groups in total. The van der Waals surface area contributed by atoms with Crippen LogP contribution >= 0.6 is 0 Å². The first-order valence-corrected chi connectivity index (χ1v) is 4.81. The number of rotatable bonds is 6. The summed E-state index contributed by atoms with van der Waals surface area (Å²) in [6.45, 7) is 6.51. The van der Waals surface area contributed by atoms with Gasteiger partial charge < -0.3 is 0 Å². The molecule has 1 nitrogen and oxygen atoms in total. The summed E-state index contributed by atoms with van der Waals surface area (Å²) in [6, 6.07) is 0. The van der Waals surface area contributed by atoms with Gasteiger partial charge in [0.1, 0.15) is 6.29 Å². The molecule has 0 radical (unpaired) electrons. The van der Waals surface area contributed by atoms with Crippen molar-refractivity contribution in [3.63, 3.8) is 0 Å². The van der Waals surface area contributed by atoms with Crippen molar-refractivity contribution in [3.8, 4) is 0 Å². The number of hydrogen-bond donors (Lipinski definition) is 0. The van der Waals surface area contributed by atoms with E-state index in [4.69, 9.17) is 0 Å². The van der Waals surface area contributed by atoms with Gasteiger partial charge in [-0.3, -0.25) is 4.79 Å². The summed E-state index contributed by atoms with van der Waals surface area (Å²) in [6.07, 6.45) is 7.38. The molecule has 0 heterocycles. The molecule has 0 rings (SSSR count). The summed E-state index contributed by atoms with van der Waals surface area (Å²) in [7, 11) is 0. The van der Waals surface area contributed by atoms with Crippen molar-refractivity contribution in [1.82, 2.24) is 0 Å². The van der Waals surface area contributed by atoms with Gasteiger partial charge in [-0.2, -0.15) is 0 Å². The van der Waals surface area contributed by atoms with E-state index in [9.17, 15) is 4.79 Å². The summed E-state index contributed by atoms with van der Waals surface area (Å²) in [5.74, 6) is 0.796. The first-order valence-electron chi connectivity index (χ1n) is 4.81. The van der Waals surface area contributed by atoms with E-state index in [0.29, 0.717) is 0 Å². The van der Waals surface area contributed by atoms with Gasteiger partial charge in [0.2, 0.25) is 0 Å². The van der Waals surface area contributed by atoms with Crippen LogP contribution in [0, 0.1) is 5.92 Å². The molecule has 0 aromatic rings. The Bertz CT molecular complexity index is 147. The summed E-state index contributed by atoms with van der Waals surface area (Å²) >= 11 is 0. The van der Waals surface area contributed by atoms with Crippen LogP contribution in [0.5, 0.6) is 0 Å². The lowest BCUT2D eigenvalue weighted by Gasteiger charge is -2.08. The predicted octanol–water partition coefficient (Wildman–Crippen LogP) is 3.35. The monoisotopic (exact) mass is 168 g/mol. The van der Waals surface area contributed by atoms with Crippen molar-refractivity contribution in [3.05, 3.63) is 11.6 Å². The summed E-state index contributed by atoms with van der Waals surface area (Å²) in [4.78, 5) is 10.1. The van der Waals surface area contributed by atoms with Crippen molar-refractivity contribution >= 4 is 6.29 Å². The Morgan fingerprint density at radius 1 is 1.42 bits per heavy atom. The fourth-order valence-corrected chi connectivity index (χ4v) is 1.31. The Morgan fingerprint density at radius 3 is 2.58 bits per heavy atom. The highest BCUT2D eigenvalue weighted by Gasteiger charge is 2.00. The quantitative estimate of drug-likeness (QED) is 0.439. The Labute approximate surface area is 75.9 Å². The molecule has 0 aliphatic carbocycles. The molecule has 0 bridgehead atoms. The van der Waals surface area contributed by atoms with E-state index in [1.807, 2.05) is 6.92 Å². The molecule has 0 saturated carbocycles. The maximum atomic E-state index is 10.1. The van der Waals surface area contributed by atoms with Crippen LogP contribution in [-0.2, 0) is 4.79 Å². The van der Waals surface area contributed by atoms with Gasteiger partial charge in [-0.1, -0.05) is 32.3 Å². The SMILES string of the molecule is CCCC(C)CC/C(C)=C/C=O. The third kappa shape index (κ3) is 6.14. The Hall–Kier alpha value is -0.590. The maximum Gasteiger partial charge on any atom is 0.142 e. The molecule has 1 unspecified atom stereocenters. The lowest BCUT2D eigenvalue weighted by molar-refractivity contribution is -0.104. The number of allylic oxidation sites excluding steroid dienone is 2. The lowest BCUT2D eigenvalue weighted by atomic mass is 9.98. The maximum absolute atomic E-state index is 10.1. The van der Waals surface area contributed by atoms with Gasteiger partial charge in [-0.25, -0.2) is 0 Å². The zero-order chi connectivity index (χ0) is 9.40. The summed E-state index contributed by atoms with van der Waals surface area (Å²) in [5.41, 5.74) is 1.20. The third-order valence-corrected chi connectivity index (χ3v) is 2.17. The molecule has 70 valence electrons. The lowest BCUT2D eigenvalue weighted by Crippen LogP contribution is -1.94. The fraction of sp³-hybridized carbons (Fsp3) is 0.727. The van der Waals surface area contributed by atoms with Crippen LogP contribution in [0.4, 0.5) is 0 Å². The average Bonchev–Trinajstić information content (AvgIpc) is 2.02. The summed E-state index contributed by atoms with van der Waals surface area (Å²) < 4.78 is 0. The topological polar surface area (TPSA) is 17.1 Å². The first-order chi connectivity index (χ1) is 5.70. The highest BCUT2D eigenvalue weighted by atomic mass is 16.1. The highest BCUT2D eigenvalue weighted by molar-refractivity contribution is 5.65. The van der Waals surface area contributed by atoms with Gasteiger partial charge in [-0.15, -0.1) is 0 Å². The van der Waals surface area contributed by atoms with Gasteiger partial charge in [-0.05, 0) is 31.8 Å². The molecule has 0 aromatic carbocycles. The molecular weight excluding hydrogens is 148 g/mol. The number of carbonyl (C=O) groups is 1. The highest BCUT2D eigenvalue weighted by Crippen LogP contribution is 2.15. The molecule has 0 spiro atoms. The van der Waals surface area contributed by atoms with Crippen LogP contribution in [0.25, 0.3) is 0 Å². The van der Waals surface area contributed by atoms with Crippen LogP contribution in [0.2, 0.25) is 0 Å². The second-order valence-corrected chi connectivity index (χ2v) is 3.58. The number of aldehydes is 1. The fourth-order valence-electron chi connectivity index (χ4n) is 1.31. The van der Waals surface area contributed by atoms with Crippen molar-refractivity contribution in [2.45, 2.75) is 46.5 Å². The van der Waals surface area contributed by atoms with Gasteiger partial charge in [0.25, 0.3) is 0 Å². The molecule has 0 fully saturated rings. The largest absolute Gasteiger partial charge is 0.299 e. The molecule has 1 atom stereocenters. The van der Waals surface area contributed by atoms with Crippen molar-refractivity contribution in [2.24, 2.45) is 5.92 Å². The molecule has 0 aromatic heterocycles. The second-order valence-electron chi connectivity index (χ2n) is 3.58. The van der Waals surface area contributed by atoms with Crippen LogP contribution in [0.15, 0.2) is 11.6 Å². The molecule has 1 heteroatoms. The Balaban J connectivity index is 3.53. The smallest absolute Gasteiger partial charge is 0.142 e. The predicted molar refractivity (Wildman–Crippen MR) is 53.1 cm³/mol. The van der Waals surface area contributed by atoms with Crippen molar-refractivity contribution in [2.75, 3.05) is 0 Å². The first kappa shape index (κ1) is 11.4. The van der Waals surface area contributed by atoms with Crippen LogP contribution < -0.4 is 0 Å². The van der Waals surface area contributed by atoms with Crippen molar-refractivity contribution in [1.29, 1.82) is 0 Å². The molecular formula is C11H20O. The van der Waals surface area contributed by atoms with E-state index in [2.05, 4.69) is 13.8 Å². The Kier molecular flexibility index (Phi) is 6.73. The molecule has 0 saturated heterocycles. The van der Waals surface area contributed by atoms with E-state index in [-0.39, 0.29) is 0 Å². The van der Waals surface area contributed by atoms with Crippen molar-refractivity contribution < 1.29 is 4.79 Å². The molecule has 0 aliphatic rings. The van der Waals surface area contributed by atoms with E-state index < -0.39 is 0 Å². The van der Waals surface area contributed by atoms with E-state index in [0.717, 1.165) is 18.6 Å². The van der Waals surface area contributed by atoms with Crippen LogP contribution in [0.3, 0.4) is 0 Å². The van der Waals surface area contributed by atoms with Gasteiger partial charge in [0, 0.05) is 0 Å². The average molecular weight is 168 g/mol. The normalized spacial score (nSPS) is 14.4. The minimum absolute atomic E-state index is 0.796. The zero-order valence-electron chi connectivity index (χ0n) is 8.47. The van der Waals surface area contributed by atoms with Gasteiger partial charge in [0.05, 0.1) is 0 Å². The molecule has 0 aliphatic heterocycles. The number of carbonyl (C=O) groups excluding carboxylic acids is 1. The van der Waals surface area contributed by atoms with Gasteiger partial charge in [0.15, 0.2) is 0 Å². The van der Waals surface area contributed by atoms with E-state index in [1.165, 1.54) is 24.8 Å².